The Labute approximate surface area is 235 Å². The van der Waals surface area contributed by atoms with Crippen molar-refractivity contribution in [2.75, 3.05) is 0 Å². The molecule has 0 aliphatic rings. The zero-order valence-electron chi connectivity index (χ0n) is 21.1. The second kappa shape index (κ2) is 7.48. The smallest absolute Gasteiger partial charge is 0.146 e. The van der Waals surface area contributed by atoms with Gasteiger partial charge >= 0.3 is 0 Å². The first-order chi connectivity index (χ1) is 19.8. The number of nitrogens with zero attached hydrogens (tertiary/aromatic N) is 3. The average molecular weight is 546 g/mol. The number of benzene rings is 5. The standard InChI is InChI=1S/C35H19N3S2/c1-2-11-23-21(9-1)22-10-3-6-14-27(22)38-29-19-20(17-18-26(29)36-34(23)38)37-28-15-7-4-12-24(28)33-32(37)31-25-13-5-8-16-30(25)39-35(31)40-33/h1-19H. The van der Waals surface area contributed by atoms with E-state index >= 15 is 0 Å². The number of rotatable bonds is 1. The molecule has 5 aromatic carbocycles. The number of para-hydroxylation sites is 2. The lowest BCUT2D eigenvalue weighted by atomic mass is 10.1. The van der Waals surface area contributed by atoms with Crippen molar-refractivity contribution in [3.63, 3.8) is 0 Å². The van der Waals surface area contributed by atoms with Gasteiger partial charge in [-0.15, -0.1) is 22.7 Å². The molecule has 0 spiro atoms. The predicted octanol–water partition coefficient (Wildman–Crippen LogP) is 10.3. The van der Waals surface area contributed by atoms with E-state index in [2.05, 4.69) is 124 Å². The van der Waals surface area contributed by atoms with Crippen molar-refractivity contribution in [3.05, 3.63) is 115 Å². The highest BCUT2D eigenvalue weighted by Crippen LogP contribution is 2.48. The molecular formula is C35H19N3S2. The van der Waals surface area contributed by atoms with E-state index in [-0.39, 0.29) is 0 Å². The van der Waals surface area contributed by atoms with E-state index in [1.807, 2.05) is 22.7 Å². The number of pyridine rings is 1. The first-order valence-corrected chi connectivity index (χ1v) is 15.0. The Morgan fingerprint density at radius 2 is 1.25 bits per heavy atom. The van der Waals surface area contributed by atoms with E-state index in [9.17, 15) is 0 Å². The van der Waals surface area contributed by atoms with Gasteiger partial charge in [-0.3, -0.25) is 4.40 Å². The molecule has 3 nitrogen and oxygen atoms in total. The zero-order valence-corrected chi connectivity index (χ0v) is 22.8. The van der Waals surface area contributed by atoms with Gasteiger partial charge in [0.2, 0.25) is 0 Å². The summed E-state index contributed by atoms with van der Waals surface area (Å²) in [4.78, 5) is 5.17. The molecule has 5 aromatic heterocycles. The minimum absolute atomic E-state index is 1.01. The molecule has 0 radical (unpaired) electrons. The maximum absolute atomic E-state index is 5.17. The fourth-order valence-electron chi connectivity index (χ4n) is 6.66. The molecule has 0 unspecified atom stereocenters. The summed E-state index contributed by atoms with van der Waals surface area (Å²) < 4.78 is 8.92. The third kappa shape index (κ3) is 2.57. The van der Waals surface area contributed by atoms with Crippen molar-refractivity contribution in [1.82, 2.24) is 14.0 Å². The molecule has 0 saturated carbocycles. The van der Waals surface area contributed by atoms with Crippen LogP contribution in [0.25, 0.3) is 84.6 Å². The molecule has 10 aromatic rings. The van der Waals surface area contributed by atoms with Gasteiger partial charge in [0.1, 0.15) is 5.65 Å². The van der Waals surface area contributed by atoms with Crippen LogP contribution in [0.1, 0.15) is 0 Å². The Hall–Kier alpha value is -4.71. The van der Waals surface area contributed by atoms with Crippen molar-refractivity contribution in [2.24, 2.45) is 0 Å². The van der Waals surface area contributed by atoms with E-state index in [1.54, 1.807) is 0 Å². The van der Waals surface area contributed by atoms with Gasteiger partial charge in [0.05, 0.1) is 36.3 Å². The summed E-state index contributed by atoms with van der Waals surface area (Å²) >= 11 is 3.83. The van der Waals surface area contributed by atoms with E-state index in [1.165, 1.54) is 62.3 Å². The SMILES string of the molecule is c1ccc2c(c1)sc1sc3c4ccccc4n(-c4ccc5nc6c7ccccc7c7ccccc7n6c5c4)c3c12. The van der Waals surface area contributed by atoms with Crippen LogP contribution < -0.4 is 0 Å². The fraction of sp³-hybridized carbons (Fsp3) is 0. The Morgan fingerprint density at radius 3 is 2.12 bits per heavy atom. The van der Waals surface area contributed by atoms with Crippen molar-refractivity contribution in [1.29, 1.82) is 0 Å². The Kier molecular flexibility index (Phi) is 3.95. The highest BCUT2D eigenvalue weighted by atomic mass is 32.2. The molecule has 0 amide bonds. The van der Waals surface area contributed by atoms with E-state index in [0.29, 0.717) is 0 Å². The lowest BCUT2D eigenvalue weighted by Gasteiger charge is -2.10. The maximum atomic E-state index is 5.17. The van der Waals surface area contributed by atoms with Crippen LogP contribution in [0.4, 0.5) is 0 Å². The molecule has 10 rings (SSSR count). The van der Waals surface area contributed by atoms with Gasteiger partial charge in [0, 0.05) is 37.3 Å². The molecule has 0 atom stereocenters. The molecule has 0 fully saturated rings. The first-order valence-electron chi connectivity index (χ1n) is 13.4. The van der Waals surface area contributed by atoms with Crippen molar-refractivity contribution >= 4 is 102 Å². The summed E-state index contributed by atoms with van der Waals surface area (Å²) in [5, 5.41) is 7.68. The third-order valence-electron chi connectivity index (χ3n) is 8.32. The number of aromatic nitrogens is 3. The van der Waals surface area contributed by atoms with E-state index in [0.717, 1.165) is 22.4 Å². The van der Waals surface area contributed by atoms with Gasteiger partial charge < -0.3 is 4.57 Å². The number of imidazole rings is 1. The summed E-state index contributed by atoms with van der Waals surface area (Å²) in [6.45, 7) is 0. The predicted molar refractivity (Wildman–Crippen MR) is 173 cm³/mol. The lowest BCUT2D eigenvalue weighted by molar-refractivity contribution is 1.19. The van der Waals surface area contributed by atoms with Crippen LogP contribution in [0, 0.1) is 0 Å². The number of fused-ring (bicyclic) bond motifs is 15. The fourth-order valence-corrected chi connectivity index (χ4v) is 9.34. The van der Waals surface area contributed by atoms with Crippen LogP contribution in [0.15, 0.2) is 115 Å². The number of hydrogen-bond acceptors (Lipinski definition) is 3. The second-order valence-electron chi connectivity index (χ2n) is 10.4. The molecule has 186 valence electrons. The maximum Gasteiger partial charge on any atom is 0.146 e. The summed E-state index contributed by atoms with van der Waals surface area (Å²) in [6.07, 6.45) is 0. The second-order valence-corrected chi connectivity index (χ2v) is 12.7. The Morgan fingerprint density at radius 1 is 0.550 bits per heavy atom. The molecule has 0 saturated heterocycles. The van der Waals surface area contributed by atoms with Gasteiger partial charge in [0.15, 0.2) is 0 Å². The topological polar surface area (TPSA) is 22.2 Å². The van der Waals surface area contributed by atoms with Crippen LogP contribution >= 0.6 is 22.7 Å². The molecule has 0 bridgehead atoms. The Balaban J connectivity index is 1.39. The van der Waals surface area contributed by atoms with Gasteiger partial charge in [-0.05, 0) is 41.8 Å². The van der Waals surface area contributed by atoms with Crippen LogP contribution in [0.5, 0.6) is 0 Å². The van der Waals surface area contributed by atoms with E-state index in [4.69, 9.17) is 4.98 Å². The minimum Gasteiger partial charge on any atom is -0.308 e. The quantitative estimate of drug-likeness (QED) is 0.188. The molecule has 0 aliphatic heterocycles. The zero-order chi connectivity index (χ0) is 25.9. The molecular weight excluding hydrogens is 527 g/mol. The first kappa shape index (κ1) is 21.2. The summed E-state index contributed by atoms with van der Waals surface area (Å²) in [6, 6.07) is 41.7. The monoisotopic (exact) mass is 545 g/mol. The molecule has 0 aliphatic carbocycles. The average Bonchev–Trinajstić information content (AvgIpc) is 3.74. The van der Waals surface area contributed by atoms with Crippen LogP contribution in [-0.4, -0.2) is 14.0 Å². The number of thiophene rings is 2. The Bertz CT molecular complexity index is 2660. The molecule has 40 heavy (non-hydrogen) atoms. The van der Waals surface area contributed by atoms with Crippen molar-refractivity contribution in [2.45, 2.75) is 0 Å². The minimum atomic E-state index is 1.01. The van der Waals surface area contributed by atoms with Gasteiger partial charge in [-0.2, -0.15) is 0 Å². The summed E-state index contributed by atoms with van der Waals surface area (Å²) in [5.74, 6) is 0. The summed E-state index contributed by atoms with van der Waals surface area (Å²) in [5.41, 5.74) is 8.03. The van der Waals surface area contributed by atoms with Crippen molar-refractivity contribution in [3.8, 4) is 5.69 Å². The van der Waals surface area contributed by atoms with Gasteiger partial charge in [-0.1, -0.05) is 78.9 Å². The molecule has 5 heteroatoms. The highest BCUT2D eigenvalue weighted by Gasteiger charge is 2.22. The van der Waals surface area contributed by atoms with Crippen molar-refractivity contribution < 1.29 is 0 Å². The largest absolute Gasteiger partial charge is 0.308 e. The number of hydrogen-bond donors (Lipinski definition) is 0. The highest BCUT2D eigenvalue weighted by molar-refractivity contribution is 7.45. The summed E-state index contributed by atoms with van der Waals surface area (Å²) in [7, 11) is 0. The molecule has 0 N–H and O–H groups in total. The van der Waals surface area contributed by atoms with E-state index < -0.39 is 0 Å². The van der Waals surface area contributed by atoms with Crippen LogP contribution in [-0.2, 0) is 0 Å². The lowest BCUT2D eigenvalue weighted by Crippen LogP contribution is -1.95. The van der Waals surface area contributed by atoms with Gasteiger partial charge in [0.25, 0.3) is 0 Å². The molecule has 5 heterocycles. The third-order valence-corrected chi connectivity index (χ3v) is 10.8. The van der Waals surface area contributed by atoms with Gasteiger partial charge in [-0.25, -0.2) is 4.98 Å². The van der Waals surface area contributed by atoms with Crippen LogP contribution in [0.2, 0.25) is 0 Å². The normalized spacial score (nSPS) is 12.5. The van der Waals surface area contributed by atoms with Crippen LogP contribution in [0.3, 0.4) is 0 Å².